The Morgan fingerprint density at radius 1 is 1.42 bits per heavy atom. The van der Waals surface area contributed by atoms with Crippen molar-refractivity contribution in [2.24, 2.45) is 5.41 Å². The van der Waals surface area contributed by atoms with Crippen LogP contribution in [0.2, 0.25) is 0 Å². The molecule has 0 atom stereocenters. The lowest BCUT2D eigenvalue weighted by Gasteiger charge is -2.13. The minimum Gasteiger partial charge on any atom is -0.396 e. The Hall–Kier alpha value is -0.0800. The fraction of sp³-hybridized carbons (Fsp3) is 1.00. The van der Waals surface area contributed by atoms with Gasteiger partial charge in [-0.3, -0.25) is 0 Å². The van der Waals surface area contributed by atoms with E-state index >= 15 is 0 Å². The van der Waals surface area contributed by atoms with Gasteiger partial charge in [-0.15, -0.1) is 0 Å². The molecule has 2 N–H and O–H groups in total. The van der Waals surface area contributed by atoms with E-state index in [4.69, 9.17) is 5.11 Å². The number of rotatable bonds is 7. The topological polar surface area (TPSA) is 32.3 Å². The molecule has 2 nitrogen and oxygen atoms in total. The van der Waals surface area contributed by atoms with Gasteiger partial charge in [0.1, 0.15) is 0 Å². The number of aliphatic hydroxyl groups excluding tert-OH is 1. The van der Waals surface area contributed by atoms with Crippen LogP contribution >= 0.6 is 0 Å². The van der Waals surface area contributed by atoms with Crippen molar-refractivity contribution in [3.05, 3.63) is 0 Å². The van der Waals surface area contributed by atoms with Gasteiger partial charge in [-0.05, 0) is 37.6 Å². The van der Waals surface area contributed by atoms with Crippen LogP contribution in [0.3, 0.4) is 0 Å². The Bertz CT molecular complexity index is 121. The molecule has 0 spiro atoms. The van der Waals surface area contributed by atoms with E-state index in [2.05, 4.69) is 12.2 Å². The minimum atomic E-state index is 0.357. The maximum Gasteiger partial charge on any atom is 0.0436 e. The molecule has 1 fully saturated rings. The van der Waals surface area contributed by atoms with Crippen molar-refractivity contribution in [3.63, 3.8) is 0 Å². The van der Waals surface area contributed by atoms with Crippen molar-refractivity contribution >= 4 is 0 Å². The molecule has 1 aliphatic carbocycles. The molecule has 0 aromatic heterocycles. The molecule has 1 aliphatic rings. The molecule has 0 bridgehead atoms. The Morgan fingerprint density at radius 2 is 2.17 bits per heavy atom. The summed E-state index contributed by atoms with van der Waals surface area (Å²) in [4.78, 5) is 0. The van der Waals surface area contributed by atoms with E-state index < -0.39 is 0 Å². The molecular weight excluding hydrogens is 150 g/mol. The molecule has 2 heteroatoms. The van der Waals surface area contributed by atoms with E-state index in [0.29, 0.717) is 12.0 Å². The molecule has 0 radical (unpaired) electrons. The van der Waals surface area contributed by atoms with E-state index in [0.717, 1.165) is 19.5 Å². The van der Waals surface area contributed by atoms with Crippen LogP contribution in [0.25, 0.3) is 0 Å². The summed E-state index contributed by atoms with van der Waals surface area (Å²) in [6.45, 7) is 4.83. The Labute approximate surface area is 75.4 Å². The molecular formula is C10H21NO. The summed E-state index contributed by atoms with van der Waals surface area (Å²) in [5, 5.41) is 12.3. The third-order valence-corrected chi connectivity index (χ3v) is 2.81. The fourth-order valence-electron chi connectivity index (χ4n) is 1.58. The van der Waals surface area contributed by atoms with Crippen LogP contribution in [0.5, 0.6) is 0 Å². The molecule has 72 valence electrons. The standard InChI is InChI=1S/C10H21NO/c1-2-3-7-11-9-10(4-5-10)6-8-12/h11-12H,2-9H2,1H3. The lowest BCUT2D eigenvalue weighted by molar-refractivity contribution is 0.245. The molecule has 1 saturated carbocycles. The highest BCUT2D eigenvalue weighted by Crippen LogP contribution is 2.47. The molecule has 0 amide bonds. The van der Waals surface area contributed by atoms with Gasteiger partial charge in [0, 0.05) is 13.2 Å². The Kier molecular flexibility index (Phi) is 4.02. The van der Waals surface area contributed by atoms with Crippen molar-refractivity contribution in [1.29, 1.82) is 0 Å². The van der Waals surface area contributed by atoms with E-state index in [1.807, 2.05) is 0 Å². The van der Waals surface area contributed by atoms with Crippen molar-refractivity contribution in [1.82, 2.24) is 5.32 Å². The molecule has 0 aliphatic heterocycles. The van der Waals surface area contributed by atoms with Crippen LogP contribution in [0.15, 0.2) is 0 Å². The van der Waals surface area contributed by atoms with Gasteiger partial charge in [0.15, 0.2) is 0 Å². The van der Waals surface area contributed by atoms with Gasteiger partial charge in [0.25, 0.3) is 0 Å². The first kappa shape index (κ1) is 10.0. The van der Waals surface area contributed by atoms with Gasteiger partial charge in [-0.25, -0.2) is 0 Å². The van der Waals surface area contributed by atoms with E-state index in [-0.39, 0.29) is 0 Å². The third kappa shape index (κ3) is 3.11. The molecule has 12 heavy (non-hydrogen) atoms. The van der Waals surface area contributed by atoms with Gasteiger partial charge < -0.3 is 10.4 Å². The zero-order valence-corrected chi connectivity index (χ0v) is 8.10. The quantitative estimate of drug-likeness (QED) is 0.569. The summed E-state index contributed by atoms with van der Waals surface area (Å²) in [6.07, 6.45) is 6.15. The van der Waals surface area contributed by atoms with E-state index in [9.17, 15) is 0 Å². The second-order valence-electron chi connectivity index (χ2n) is 4.00. The first-order chi connectivity index (χ1) is 5.83. The van der Waals surface area contributed by atoms with E-state index in [1.54, 1.807) is 0 Å². The average Bonchev–Trinajstić information content (AvgIpc) is 2.81. The Balaban J connectivity index is 1.98. The summed E-state index contributed by atoms with van der Waals surface area (Å²) in [6, 6.07) is 0. The zero-order valence-electron chi connectivity index (χ0n) is 8.10. The number of hydrogen-bond acceptors (Lipinski definition) is 2. The molecule has 0 heterocycles. The van der Waals surface area contributed by atoms with Crippen LogP contribution < -0.4 is 5.32 Å². The second kappa shape index (κ2) is 4.83. The molecule has 0 unspecified atom stereocenters. The first-order valence-corrected chi connectivity index (χ1v) is 5.14. The van der Waals surface area contributed by atoms with Crippen molar-refractivity contribution in [3.8, 4) is 0 Å². The van der Waals surface area contributed by atoms with Gasteiger partial charge in [-0.2, -0.15) is 0 Å². The maximum absolute atomic E-state index is 8.82. The van der Waals surface area contributed by atoms with Crippen LogP contribution in [0, 0.1) is 5.41 Å². The third-order valence-electron chi connectivity index (χ3n) is 2.81. The summed E-state index contributed by atoms with van der Waals surface area (Å²) >= 11 is 0. The van der Waals surface area contributed by atoms with E-state index in [1.165, 1.54) is 25.7 Å². The normalized spacial score (nSPS) is 19.5. The van der Waals surface area contributed by atoms with Crippen molar-refractivity contribution in [2.45, 2.75) is 39.0 Å². The highest BCUT2D eigenvalue weighted by molar-refractivity contribution is 4.94. The second-order valence-corrected chi connectivity index (χ2v) is 4.00. The number of hydrogen-bond donors (Lipinski definition) is 2. The minimum absolute atomic E-state index is 0.357. The highest BCUT2D eigenvalue weighted by atomic mass is 16.3. The summed E-state index contributed by atoms with van der Waals surface area (Å²) in [5.74, 6) is 0. The maximum atomic E-state index is 8.82. The monoisotopic (exact) mass is 171 g/mol. The number of nitrogens with one attached hydrogen (secondary N) is 1. The lowest BCUT2D eigenvalue weighted by atomic mass is 10.0. The van der Waals surface area contributed by atoms with Gasteiger partial charge in [0.05, 0.1) is 0 Å². The van der Waals surface area contributed by atoms with Crippen LogP contribution in [-0.4, -0.2) is 24.8 Å². The zero-order chi connectivity index (χ0) is 8.86. The molecule has 0 saturated heterocycles. The largest absolute Gasteiger partial charge is 0.396 e. The predicted molar refractivity (Wildman–Crippen MR) is 51.1 cm³/mol. The molecule has 0 aromatic carbocycles. The van der Waals surface area contributed by atoms with Crippen LogP contribution in [0.4, 0.5) is 0 Å². The highest BCUT2D eigenvalue weighted by Gasteiger charge is 2.40. The van der Waals surface area contributed by atoms with Crippen LogP contribution in [0.1, 0.15) is 39.0 Å². The Morgan fingerprint density at radius 3 is 2.67 bits per heavy atom. The van der Waals surface area contributed by atoms with Gasteiger partial charge >= 0.3 is 0 Å². The van der Waals surface area contributed by atoms with Gasteiger partial charge in [0.2, 0.25) is 0 Å². The molecule has 0 aromatic rings. The molecule has 1 rings (SSSR count). The SMILES string of the molecule is CCCCNCC1(CCO)CC1. The summed E-state index contributed by atoms with van der Waals surface area (Å²) < 4.78 is 0. The number of aliphatic hydroxyl groups is 1. The fourth-order valence-corrected chi connectivity index (χ4v) is 1.58. The first-order valence-electron chi connectivity index (χ1n) is 5.14. The lowest BCUT2D eigenvalue weighted by Crippen LogP contribution is -2.25. The van der Waals surface area contributed by atoms with Crippen molar-refractivity contribution in [2.75, 3.05) is 19.7 Å². The summed E-state index contributed by atoms with van der Waals surface area (Å²) in [5.41, 5.74) is 0.489. The predicted octanol–water partition coefficient (Wildman–Crippen LogP) is 1.54. The smallest absolute Gasteiger partial charge is 0.0436 e. The number of unbranched alkanes of at least 4 members (excludes halogenated alkanes) is 1. The van der Waals surface area contributed by atoms with Gasteiger partial charge in [-0.1, -0.05) is 13.3 Å². The van der Waals surface area contributed by atoms with Crippen molar-refractivity contribution < 1.29 is 5.11 Å². The summed E-state index contributed by atoms with van der Waals surface area (Å²) in [7, 11) is 0. The average molecular weight is 171 g/mol. The van der Waals surface area contributed by atoms with Crippen LogP contribution in [-0.2, 0) is 0 Å².